The second-order valence-electron chi connectivity index (χ2n) is 7.64. The maximum atomic E-state index is 11.6. The zero-order valence-corrected chi connectivity index (χ0v) is 17.7. The molecule has 0 aliphatic heterocycles. The molecule has 7 heteroatoms. The van der Waals surface area contributed by atoms with E-state index < -0.39 is 11.7 Å². The minimum Gasteiger partial charge on any atom is -0.493 e. The largest absolute Gasteiger partial charge is 0.493 e. The summed E-state index contributed by atoms with van der Waals surface area (Å²) in [6.45, 7) is 8.69. The van der Waals surface area contributed by atoms with E-state index in [0.717, 1.165) is 40.0 Å². The molecular formula is C21H27N3O3S. The second kappa shape index (κ2) is 8.73. The molecule has 0 unspecified atom stereocenters. The molecule has 2 heterocycles. The van der Waals surface area contributed by atoms with E-state index in [4.69, 9.17) is 9.47 Å². The van der Waals surface area contributed by atoms with E-state index in [9.17, 15) is 4.79 Å². The number of fused-ring (bicyclic) bond motifs is 3. The Morgan fingerprint density at radius 1 is 1.25 bits per heavy atom. The molecule has 0 atom stereocenters. The number of amides is 1. The third kappa shape index (κ3) is 5.32. The third-order valence-electron chi connectivity index (χ3n) is 3.96. The van der Waals surface area contributed by atoms with Gasteiger partial charge in [0.25, 0.3) is 0 Å². The number of rotatable bonds is 7. The monoisotopic (exact) mass is 401 g/mol. The molecule has 0 aliphatic carbocycles. The number of thiazole rings is 1. The average molecular weight is 402 g/mol. The van der Waals surface area contributed by atoms with Gasteiger partial charge in [-0.2, -0.15) is 0 Å². The lowest BCUT2D eigenvalue weighted by Crippen LogP contribution is -2.33. The zero-order valence-electron chi connectivity index (χ0n) is 16.9. The molecule has 0 fully saturated rings. The number of alkyl carbamates (subject to hydrolysis) is 1. The summed E-state index contributed by atoms with van der Waals surface area (Å²) in [6, 6.07) is 5.96. The minimum absolute atomic E-state index is 0.404. The highest BCUT2D eigenvalue weighted by Crippen LogP contribution is 2.31. The van der Waals surface area contributed by atoms with Crippen molar-refractivity contribution in [1.29, 1.82) is 0 Å². The highest BCUT2D eigenvalue weighted by Gasteiger charge is 2.15. The van der Waals surface area contributed by atoms with Gasteiger partial charge in [0.15, 0.2) is 0 Å². The molecule has 0 aliphatic rings. The van der Waals surface area contributed by atoms with Crippen molar-refractivity contribution < 1.29 is 14.3 Å². The van der Waals surface area contributed by atoms with Crippen LogP contribution in [0.2, 0.25) is 0 Å². The van der Waals surface area contributed by atoms with Crippen LogP contribution in [0.5, 0.6) is 5.75 Å². The molecule has 0 bridgehead atoms. The summed E-state index contributed by atoms with van der Waals surface area (Å²) in [6.07, 6.45) is 4.21. The molecule has 0 radical (unpaired) electrons. The lowest BCUT2D eigenvalue weighted by atomic mass is 10.2. The van der Waals surface area contributed by atoms with Crippen molar-refractivity contribution in [2.75, 3.05) is 13.2 Å². The Kier molecular flexibility index (Phi) is 6.34. The number of hydrogen-bond donors (Lipinski definition) is 1. The topological polar surface area (TPSA) is 73.3 Å². The Bertz CT molecular complexity index is 963. The van der Waals surface area contributed by atoms with Gasteiger partial charge in [-0.05, 0) is 52.2 Å². The van der Waals surface area contributed by atoms with Gasteiger partial charge in [0.05, 0.1) is 28.0 Å². The molecule has 2 aromatic heterocycles. The van der Waals surface area contributed by atoms with Crippen molar-refractivity contribution in [2.24, 2.45) is 0 Å². The number of ether oxygens (including phenoxy) is 2. The van der Waals surface area contributed by atoms with E-state index in [1.807, 2.05) is 45.2 Å². The smallest absolute Gasteiger partial charge is 0.407 e. The van der Waals surface area contributed by atoms with Gasteiger partial charge < -0.3 is 14.8 Å². The molecule has 0 saturated carbocycles. The van der Waals surface area contributed by atoms with E-state index in [1.54, 1.807) is 11.3 Å². The van der Waals surface area contributed by atoms with E-state index in [0.29, 0.717) is 19.6 Å². The van der Waals surface area contributed by atoms with E-state index in [-0.39, 0.29) is 0 Å². The highest BCUT2D eigenvalue weighted by atomic mass is 32.1. The van der Waals surface area contributed by atoms with Crippen LogP contribution in [-0.2, 0) is 11.2 Å². The molecule has 3 rings (SSSR count). The first kappa shape index (κ1) is 20.3. The number of hydrogen-bond acceptors (Lipinski definition) is 6. The zero-order chi connectivity index (χ0) is 20.1. The Balaban J connectivity index is 1.56. The van der Waals surface area contributed by atoms with Gasteiger partial charge in [-0.25, -0.2) is 9.78 Å². The summed E-state index contributed by atoms with van der Waals surface area (Å²) in [4.78, 5) is 20.8. The van der Waals surface area contributed by atoms with Gasteiger partial charge in [-0.1, -0.05) is 6.92 Å². The van der Waals surface area contributed by atoms with Crippen LogP contribution in [0.25, 0.3) is 21.1 Å². The molecule has 0 spiro atoms. The van der Waals surface area contributed by atoms with Crippen LogP contribution in [0.1, 0.15) is 45.5 Å². The van der Waals surface area contributed by atoms with Crippen LogP contribution >= 0.6 is 11.3 Å². The fourth-order valence-electron chi connectivity index (χ4n) is 2.78. The van der Waals surface area contributed by atoms with Crippen molar-refractivity contribution >= 4 is 38.5 Å². The fraction of sp³-hybridized carbons (Fsp3) is 0.476. The van der Waals surface area contributed by atoms with Gasteiger partial charge in [0, 0.05) is 18.0 Å². The average Bonchev–Trinajstić information content (AvgIpc) is 3.03. The number of nitrogens with one attached hydrogen (secondary N) is 1. The Hall–Kier alpha value is -2.41. The standard InChI is InChI=1S/C21H27N3O3S/c1-5-7-18-24-17-13-23-16-12-14(8-9-15(16)19(17)28-18)26-11-6-10-22-20(25)27-21(2,3)4/h8-9,12-13H,5-7,10-11H2,1-4H3,(H,22,25). The van der Waals surface area contributed by atoms with Crippen molar-refractivity contribution in [3.63, 3.8) is 0 Å². The Morgan fingerprint density at radius 3 is 2.82 bits per heavy atom. The van der Waals surface area contributed by atoms with Crippen LogP contribution < -0.4 is 10.1 Å². The van der Waals surface area contributed by atoms with Gasteiger partial charge in [-0.15, -0.1) is 11.3 Å². The minimum atomic E-state index is -0.487. The number of nitrogens with zero attached hydrogens (tertiary/aromatic N) is 2. The van der Waals surface area contributed by atoms with Gasteiger partial charge in [0.1, 0.15) is 16.9 Å². The maximum absolute atomic E-state index is 11.6. The number of aromatic nitrogens is 2. The number of carbonyl (C=O) groups excluding carboxylic acids is 1. The maximum Gasteiger partial charge on any atom is 0.407 e. The molecule has 6 nitrogen and oxygen atoms in total. The van der Waals surface area contributed by atoms with Crippen molar-refractivity contribution in [3.05, 3.63) is 29.4 Å². The van der Waals surface area contributed by atoms with Crippen LogP contribution in [0, 0.1) is 0 Å². The summed E-state index contributed by atoms with van der Waals surface area (Å²) in [7, 11) is 0. The molecule has 150 valence electrons. The number of benzene rings is 1. The number of carbonyl (C=O) groups is 1. The SMILES string of the molecule is CCCc1nc2cnc3cc(OCCCNC(=O)OC(C)(C)C)ccc3c2s1. The third-order valence-corrected chi connectivity index (χ3v) is 5.12. The van der Waals surface area contributed by atoms with E-state index in [2.05, 4.69) is 22.2 Å². The molecular weight excluding hydrogens is 374 g/mol. The molecule has 1 aromatic carbocycles. The van der Waals surface area contributed by atoms with Gasteiger partial charge in [0.2, 0.25) is 0 Å². The van der Waals surface area contributed by atoms with Gasteiger partial charge >= 0.3 is 6.09 Å². The van der Waals surface area contributed by atoms with Crippen molar-refractivity contribution in [1.82, 2.24) is 15.3 Å². The number of aryl methyl sites for hydroxylation is 1. The Morgan fingerprint density at radius 2 is 2.07 bits per heavy atom. The van der Waals surface area contributed by atoms with Crippen LogP contribution in [0.4, 0.5) is 4.79 Å². The lowest BCUT2D eigenvalue weighted by Gasteiger charge is -2.19. The number of pyridine rings is 1. The van der Waals surface area contributed by atoms with Crippen molar-refractivity contribution in [3.8, 4) is 5.75 Å². The second-order valence-corrected chi connectivity index (χ2v) is 8.72. The normalized spacial score (nSPS) is 11.7. The first-order valence-corrected chi connectivity index (χ1v) is 10.4. The van der Waals surface area contributed by atoms with E-state index >= 15 is 0 Å². The molecule has 1 N–H and O–H groups in total. The highest BCUT2D eigenvalue weighted by molar-refractivity contribution is 7.19. The summed E-state index contributed by atoms with van der Waals surface area (Å²) in [5.74, 6) is 0.773. The first-order valence-electron chi connectivity index (χ1n) is 9.63. The van der Waals surface area contributed by atoms with Crippen LogP contribution in [0.15, 0.2) is 24.4 Å². The van der Waals surface area contributed by atoms with Crippen LogP contribution in [-0.4, -0.2) is 34.8 Å². The first-order chi connectivity index (χ1) is 13.4. The van der Waals surface area contributed by atoms with E-state index in [1.165, 1.54) is 4.70 Å². The molecule has 1 amide bonds. The summed E-state index contributed by atoms with van der Waals surface area (Å²) < 4.78 is 12.2. The summed E-state index contributed by atoms with van der Waals surface area (Å²) in [5, 5.41) is 4.99. The van der Waals surface area contributed by atoms with Crippen molar-refractivity contribution in [2.45, 2.75) is 52.6 Å². The quantitative estimate of drug-likeness (QED) is 0.558. The predicted molar refractivity (Wildman–Crippen MR) is 113 cm³/mol. The summed E-state index contributed by atoms with van der Waals surface area (Å²) >= 11 is 1.74. The molecule has 3 aromatic rings. The summed E-state index contributed by atoms with van der Waals surface area (Å²) in [5.41, 5.74) is 1.38. The fourth-order valence-corrected chi connectivity index (χ4v) is 3.95. The molecule has 0 saturated heterocycles. The van der Waals surface area contributed by atoms with Crippen LogP contribution in [0.3, 0.4) is 0 Å². The lowest BCUT2D eigenvalue weighted by molar-refractivity contribution is 0.0525. The predicted octanol–water partition coefficient (Wildman–Crippen LogP) is 5.09. The molecule has 28 heavy (non-hydrogen) atoms. The Labute approximate surface area is 169 Å². The van der Waals surface area contributed by atoms with Gasteiger partial charge in [-0.3, -0.25) is 4.98 Å².